The molecule has 0 aromatic heterocycles. The number of fused-ring (bicyclic) bond motifs is 1. The first-order chi connectivity index (χ1) is 11.7. The maximum absolute atomic E-state index is 12.7. The molecule has 1 fully saturated rings. The van der Waals surface area contributed by atoms with Gasteiger partial charge in [-0.05, 0) is 62.5 Å². The van der Waals surface area contributed by atoms with Gasteiger partial charge in [-0.25, -0.2) is 0 Å². The van der Waals surface area contributed by atoms with Crippen molar-refractivity contribution in [3.05, 3.63) is 52.5 Å². The van der Waals surface area contributed by atoms with Crippen molar-refractivity contribution in [2.45, 2.75) is 38.5 Å². The predicted octanol–water partition coefficient (Wildman–Crippen LogP) is 6.26. The van der Waals surface area contributed by atoms with Crippen LogP contribution >= 0.6 is 23.2 Å². The number of benzene rings is 1. The molecule has 0 radical (unpaired) electrons. The number of halogens is 2. The molecular weight excluding hydrogens is 341 g/mol. The Labute approximate surface area is 153 Å². The summed E-state index contributed by atoms with van der Waals surface area (Å²) >= 11 is 12.3. The lowest BCUT2D eigenvalue weighted by atomic mass is 10.1. The minimum atomic E-state index is 0.0582. The summed E-state index contributed by atoms with van der Waals surface area (Å²) in [5.74, 6) is 1.09. The zero-order chi connectivity index (χ0) is 16.9. The highest BCUT2D eigenvalue weighted by Crippen LogP contribution is 2.53. The number of rotatable bonds is 2. The van der Waals surface area contributed by atoms with Gasteiger partial charge in [0, 0.05) is 5.92 Å². The molecule has 0 saturated heterocycles. The van der Waals surface area contributed by atoms with Crippen molar-refractivity contribution in [2.24, 2.45) is 17.8 Å². The number of carbonyl (C=O) groups excluding carboxylic acids is 1. The molecule has 2 aliphatic carbocycles. The molecule has 1 aromatic carbocycles. The van der Waals surface area contributed by atoms with Gasteiger partial charge in [0.15, 0.2) is 0 Å². The predicted molar refractivity (Wildman–Crippen MR) is 102 cm³/mol. The van der Waals surface area contributed by atoms with Crippen molar-refractivity contribution in [3.8, 4) is 0 Å². The van der Waals surface area contributed by atoms with E-state index in [2.05, 4.69) is 29.6 Å². The van der Waals surface area contributed by atoms with Crippen molar-refractivity contribution < 1.29 is 4.79 Å². The number of amides is 1. The van der Waals surface area contributed by atoms with Crippen LogP contribution in [-0.4, -0.2) is 5.91 Å². The zero-order valence-corrected chi connectivity index (χ0v) is 15.2. The van der Waals surface area contributed by atoms with Gasteiger partial charge in [0.25, 0.3) is 0 Å². The number of hydrogen-bond acceptors (Lipinski definition) is 1. The van der Waals surface area contributed by atoms with E-state index in [1.807, 2.05) is 0 Å². The smallest absolute Gasteiger partial charge is 0.228 e. The fourth-order valence-electron chi connectivity index (χ4n) is 3.69. The molecule has 24 heavy (non-hydrogen) atoms. The minimum absolute atomic E-state index is 0.0582. The summed E-state index contributed by atoms with van der Waals surface area (Å²) in [6.45, 7) is 0. The van der Waals surface area contributed by atoms with E-state index in [1.54, 1.807) is 18.2 Å². The Hall–Kier alpha value is -1.25. The highest BCUT2D eigenvalue weighted by atomic mass is 35.5. The summed E-state index contributed by atoms with van der Waals surface area (Å²) in [6, 6.07) is 5.27. The Kier molecular flexibility index (Phi) is 6.02. The number of hydrogen-bond donors (Lipinski definition) is 1. The van der Waals surface area contributed by atoms with Crippen LogP contribution in [-0.2, 0) is 4.79 Å². The Bertz CT molecular complexity index is 609. The van der Waals surface area contributed by atoms with Crippen molar-refractivity contribution >= 4 is 34.8 Å². The molecule has 3 atom stereocenters. The quantitative estimate of drug-likeness (QED) is 0.617. The topological polar surface area (TPSA) is 29.1 Å². The van der Waals surface area contributed by atoms with E-state index < -0.39 is 0 Å². The van der Waals surface area contributed by atoms with E-state index in [4.69, 9.17) is 23.2 Å². The highest BCUT2D eigenvalue weighted by molar-refractivity contribution is 6.39. The molecule has 128 valence electrons. The maximum atomic E-state index is 12.7. The van der Waals surface area contributed by atoms with Gasteiger partial charge in [0.1, 0.15) is 0 Å². The average Bonchev–Trinajstić information content (AvgIpc) is 3.23. The molecule has 2 nitrogen and oxygen atoms in total. The molecule has 2 aliphatic rings. The van der Waals surface area contributed by atoms with Crippen LogP contribution in [0.2, 0.25) is 10.0 Å². The summed E-state index contributed by atoms with van der Waals surface area (Å²) in [5.41, 5.74) is 0.535. The Morgan fingerprint density at radius 1 is 0.875 bits per heavy atom. The summed E-state index contributed by atoms with van der Waals surface area (Å²) < 4.78 is 0. The summed E-state index contributed by atoms with van der Waals surface area (Å²) in [7, 11) is 0. The Morgan fingerprint density at radius 3 is 1.92 bits per heavy atom. The Balaban J connectivity index is 1.66. The number of allylic oxidation sites excluding steroid dienone is 4. The average molecular weight is 364 g/mol. The van der Waals surface area contributed by atoms with Crippen LogP contribution in [0.3, 0.4) is 0 Å². The lowest BCUT2D eigenvalue weighted by Gasteiger charge is -2.09. The number of carbonyl (C=O) groups is 1. The van der Waals surface area contributed by atoms with Gasteiger partial charge in [-0.2, -0.15) is 0 Å². The van der Waals surface area contributed by atoms with E-state index in [9.17, 15) is 4.79 Å². The molecule has 3 rings (SSSR count). The van der Waals surface area contributed by atoms with Crippen LogP contribution in [0.25, 0.3) is 0 Å². The van der Waals surface area contributed by atoms with Crippen molar-refractivity contribution in [1.29, 1.82) is 0 Å². The van der Waals surface area contributed by atoms with Crippen molar-refractivity contribution in [3.63, 3.8) is 0 Å². The normalized spacial score (nSPS) is 29.5. The molecule has 1 saturated carbocycles. The third kappa shape index (κ3) is 4.23. The van der Waals surface area contributed by atoms with E-state index in [0.717, 1.165) is 38.5 Å². The second kappa shape index (κ2) is 8.22. The molecule has 0 heterocycles. The summed E-state index contributed by atoms with van der Waals surface area (Å²) in [6.07, 6.45) is 15.5. The molecular formula is C20H23Cl2NO. The molecule has 0 bridgehead atoms. The molecule has 0 spiro atoms. The molecule has 1 N–H and O–H groups in total. The summed E-state index contributed by atoms with van der Waals surface area (Å²) in [5, 5.41) is 3.93. The van der Waals surface area contributed by atoms with Crippen molar-refractivity contribution in [2.75, 3.05) is 5.32 Å². The van der Waals surface area contributed by atoms with Crippen LogP contribution in [0.15, 0.2) is 42.5 Å². The molecule has 1 unspecified atom stereocenters. The van der Waals surface area contributed by atoms with E-state index in [1.165, 1.54) is 0 Å². The first-order valence-electron chi connectivity index (χ1n) is 8.73. The van der Waals surface area contributed by atoms with E-state index in [-0.39, 0.29) is 11.8 Å². The van der Waals surface area contributed by atoms with Crippen LogP contribution in [0.5, 0.6) is 0 Å². The fraction of sp³-hybridized carbons (Fsp3) is 0.450. The van der Waals surface area contributed by atoms with E-state index in [0.29, 0.717) is 27.6 Å². The lowest BCUT2D eigenvalue weighted by molar-refractivity contribution is -0.117. The standard InChI is InChI=1S/C20H23Cl2NO/c21-16-12-9-13-17(22)19(16)23-20(24)18-14-10-7-5-3-1-2-4-6-8-11-15(14)18/h3-6,9,12-15,18H,1-2,7-8,10-11H2,(H,23,24)/b5-3-,6-4+/t14-,15+,18?/m1/s1. The minimum Gasteiger partial charge on any atom is -0.323 e. The number of nitrogens with one attached hydrogen (secondary N) is 1. The largest absolute Gasteiger partial charge is 0.323 e. The lowest BCUT2D eigenvalue weighted by Crippen LogP contribution is -2.16. The number of anilines is 1. The van der Waals surface area contributed by atoms with Gasteiger partial charge in [0.05, 0.1) is 15.7 Å². The zero-order valence-electron chi connectivity index (χ0n) is 13.7. The van der Waals surface area contributed by atoms with Crippen LogP contribution in [0.4, 0.5) is 5.69 Å². The van der Waals surface area contributed by atoms with Crippen LogP contribution < -0.4 is 5.32 Å². The molecule has 1 amide bonds. The van der Waals surface area contributed by atoms with Gasteiger partial charge < -0.3 is 5.32 Å². The maximum Gasteiger partial charge on any atom is 0.228 e. The molecule has 4 heteroatoms. The van der Waals surface area contributed by atoms with Crippen LogP contribution in [0, 0.1) is 17.8 Å². The monoisotopic (exact) mass is 363 g/mol. The second-order valence-electron chi connectivity index (χ2n) is 6.61. The highest BCUT2D eigenvalue weighted by Gasteiger charge is 2.52. The first kappa shape index (κ1) is 17.6. The molecule has 1 aromatic rings. The third-order valence-electron chi connectivity index (χ3n) is 5.01. The van der Waals surface area contributed by atoms with Gasteiger partial charge in [0.2, 0.25) is 5.91 Å². The Morgan fingerprint density at radius 2 is 1.38 bits per heavy atom. The van der Waals surface area contributed by atoms with E-state index >= 15 is 0 Å². The fourth-order valence-corrected chi connectivity index (χ4v) is 4.18. The third-order valence-corrected chi connectivity index (χ3v) is 5.64. The van der Waals surface area contributed by atoms with Crippen LogP contribution in [0.1, 0.15) is 38.5 Å². The van der Waals surface area contributed by atoms with Crippen molar-refractivity contribution in [1.82, 2.24) is 0 Å². The first-order valence-corrected chi connectivity index (χ1v) is 9.49. The van der Waals surface area contributed by atoms with Gasteiger partial charge in [-0.3, -0.25) is 4.79 Å². The van der Waals surface area contributed by atoms with Gasteiger partial charge in [-0.15, -0.1) is 0 Å². The van der Waals surface area contributed by atoms with Gasteiger partial charge >= 0.3 is 0 Å². The second-order valence-corrected chi connectivity index (χ2v) is 7.43. The summed E-state index contributed by atoms with van der Waals surface area (Å²) in [4.78, 5) is 12.7. The van der Waals surface area contributed by atoms with Gasteiger partial charge in [-0.1, -0.05) is 53.6 Å². The number of para-hydroxylation sites is 1. The molecule has 0 aliphatic heterocycles. The SMILES string of the molecule is O=C(Nc1c(Cl)cccc1Cl)C1[C@H]2CC/C=C/CC/C=C\CC[C@@H]12.